The average molecular weight is 496 g/mol. The van der Waals surface area contributed by atoms with Crippen LogP contribution in [-0.2, 0) is 16.0 Å². The molecular weight excluding hydrogens is 466 g/mol. The standard InChI is InChI=1S/C23H29N3O5S.ClH/c1-5-31-23(29)18-17(14-26-9-11-30-12-10-26)19(22(28)25(3)4)32-21(18)24-20(27)16-8-6-7-15(2)13-16;/h6-8,13H,5,9-12,14H2,1-4H3,(H,24,27);1H. The second-order valence-corrected chi connectivity index (χ2v) is 8.77. The Morgan fingerprint density at radius 1 is 1.21 bits per heavy atom. The molecule has 0 unspecified atom stereocenters. The molecule has 10 heteroatoms. The first kappa shape index (κ1) is 26.8. The Hall–Kier alpha value is -2.46. The summed E-state index contributed by atoms with van der Waals surface area (Å²) in [6, 6.07) is 7.18. The number of morpholine rings is 1. The summed E-state index contributed by atoms with van der Waals surface area (Å²) in [5, 5.41) is 3.17. The quantitative estimate of drug-likeness (QED) is 0.592. The van der Waals surface area contributed by atoms with E-state index < -0.39 is 5.97 Å². The number of halogens is 1. The Morgan fingerprint density at radius 3 is 2.52 bits per heavy atom. The minimum absolute atomic E-state index is 0. The van der Waals surface area contributed by atoms with Crippen LogP contribution >= 0.6 is 23.7 Å². The highest BCUT2D eigenvalue weighted by Crippen LogP contribution is 2.36. The van der Waals surface area contributed by atoms with Gasteiger partial charge in [0.15, 0.2) is 0 Å². The van der Waals surface area contributed by atoms with Crippen LogP contribution in [0.1, 0.15) is 48.4 Å². The third-order valence-electron chi connectivity index (χ3n) is 5.08. The number of amides is 2. The number of carbonyl (C=O) groups excluding carboxylic acids is 3. The number of rotatable bonds is 7. The highest BCUT2D eigenvalue weighted by atomic mass is 35.5. The molecule has 0 aliphatic carbocycles. The van der Waals surface area contributed by atoms with Gasteiger partial charge in [0.2, 0.25) is 0 Å². The Morgan fingerprint density at radius 2 is 1.91 bits per heavy atom. The lowest BCUT2D eigenvalue weighted by Crippen LogP contribution is -2.36. The molecule has 0 atom stereocenters. The predicted octanol–water partition coefficient (Wildman–Crippen LogP) is 3.44. The van der Waals surface area contributed by atoms with Crippen molar-refractivity contribution in [2.45, 2.75) is 20.4 Å². The molecule has 1 fully saturated rings. The van der Waals surface area contributed by atoms with Gasteiger partial charge in [-0.3, -0.25) is 14.5 Å². The predicted molar refractivity (Wildman–Crippen MR) is 131 cm³/mol. The number of thiophene rings is 1. The van der Waals surface area contributed by atoms with Gasteiger partial charge in [0.1, 0.15) is 5.00 Å². The molecule has 1 N–H and O–H groups in total. The summed E-state index contributed by atoms with van der Waals surface area (Å²) < 4.78 is 10.7. The van der Waals surface area contributed by atoms with E-state index in [1.54, 1.807) is 39.2 Å². The van der Waals surface area contributed by atoms with Gasteiger partial charge in [-0.1, -0.05) is 17.7 Å². The van der Waals surface area contributed by atoms with E-state index in [0.29, 0.717) is 53.9 Å². The minimum atomic E-state index is -0.552. The SMILES string of the molecule is CCOC(=O)c1c(NC(=O)c2cccc(C)c2)sc(C(=O)N(C)C)c1CN1CCOCC1.Cl. The molecule has 1 aliphatic rings. The largest absolute Gasteiger partial charge is 0.462 e. The highest BCUT2D eigenvalue weighted by molar-refractivity contribution is 7.18. The number of nitrogens with one attached hydrogen (secondary N) is 1. The molecule has 2 amide bonds. The van der Waals surface area contributed by atoms with Crippen molar-refractivity contribution in [1.29, 1.82) is 0 Å². The van der Waals surface area contributed by atoms with E-state index in [1.807, 2.05) is 13.0 Å². The first-order valence-electron chi connectivity index (χ1n) is 10.5. The maximum Gasteiger partial charge on any atom is 0.341 e. The zero-order valence-corrected chi connectivity index (χ0v) is 20.9. The molecule has 33 heavy (non-hydrogen) atoms. The van der Waals surface area contributed by atoms with E-state index in [1.165, 1.54) is 4.90 Å². The van der Waals surface area contributed by atoms with E-state index >= 15 is 0 Å². The Balaban J connectivity index is 0.00000385. The first-order chi connectivity index (χ1) is 15.3. The van der Waals surface area contributed by atoms with Gasteiger partial charge >= 0.3 is 5.97 Å². The molecule has 1 saturated heterocycles. The summed E-state index contributed by atoms with van der Waals surface area (Å²) >= 11 is 1.11. The number of hydrogen-bond donors (Lipinski definition) is 1. The van der Waals surface area contributed by atoms with Crippen LogP contribution in [0, 0.1) is 6.92 Å². The third-order valence-corrected chi connectivity index (χ3v) is 6.22. The number of anilines is 1. The van der Waals surface area contributed by atoms with Crippen molar-refractivity contribution >= 4 is 46.5 Å². The molecule has 1 aromatic carbocycles. The van der Waals surface area contributed by atoms with Gasteiger partial charge < -0.3 is 19.7 Å². The van der Waals surface area contributed by atoms with Crippen molar-refractivity contribution in [3.63, 3.8) is 0 Å². The van der Waals surface area contributed by atoms with Gasteiger partial charge in [-0.2, -0.15) is 0 Å². The number of esters is 1. The van der Waals surface area contributed by atoms with Crippen LogP contribution in [0.15, 0.2) is 24.3 Å². The van der Waals surface area contributed by atoms with Gasteiger partial charge in [0.05, 0.1) is 30.3 Å². The van der Waals surface area contributed by atoms with E-state index in [4.69, 9.17) is 9.47 Å². The maximum atomic E-state index is 13.0. The van der Waals surface area contributed by atoms with Crippen LogP contribution in [0.25, 0.3) is 0 Å². The van der Waals surface area contributed by atoms with Crippen molar-refractivity contribution in [3.8, 4) is 0 Å². The topological polar surface area (TPSA) is 88.2 Å². The van der Waals surface area contributed by atoms with Crippen LogP contribution in [-0.4, -0.2) is 74.6 Å². The lowest BCUT2D eigenvalue weighted by Gasteiger charge is -2.27. The number of aryl methyl sites for hydroxylation is 1. The van der Waals surface area contributed by atoms with Crippen LogP contribution in [0.5, 0.6) is 0 Å². The van der Waals surface area contributed by atoms with Crippen molar-refractivity contribution in [2.24, 2.45) is 0 Å². The third kappa shape index (κ3) is 6.54. The zero-order valence-electron chi connectivity index (χ0n) is 19.3. The number of ether oxygens (including phenoxy) is 2. The fourth-order valence-electron chi connectivity index (χ4n) is 3.44. The monoisotopic (exact) mass is 495 g/mol. The van der Waals surface area contributed by atoms with Gasteiger partial charge in [-0.05, 0) is 26.0 Å². The van der Waals surface area contributed by atoms with Crippen molar-refractivity contribution in [3.05, 3.63) is 51.4 Å². The van der Waals surface area contributed by atoms with Crippen LogP contribution in [0.3, 0.4) is 0 Å². The summed E-state index contributed by atoms with van der Waals surface area (Å²) in [5.41, 5.74) is 2.25. The molecule has 180 valence electrons. The van der Waals surface area contributed by atoms with Gasteiger partial charge in [-0.15, -0.1) is 23.7 Å². The minimum Gasteiger partial charge on any atom is -0.462 e. The molecule has 2 heterocycles. The summed E-state index contributed by atoms with van der Waals surface area (Å²) in [7, 11) is 3.32. The second kappa shape index (κ2) is 12.1. The fourth-order valence-corrected chi connectivity index (χ4v) is 4.66. The van der Waals surface area contributed by atoms with Crippen LogP contribution in [0.4, 0.5) is 5.00 Å². The first-order valence-corrected chi connectivity index (χ1v) is 11.4. The molecule has 0 bridgehead atoms. The van der Waals surface area contributed by atoms with Crippen molar-refractivity contribution in [1.82, 2.24) is 9.80 Å². The highest BCUT2D eigenvalue weighted by Gasteiger charge is 2.31. The number of benzene rings is 1. The zero-order chi connectivity index (χ0) is 23.3. The lowest BCUT2D eigenvalue weighted by atomic mass is 10.1. The van der Waals surface area contributed by atoms with Crippen molar-refractivity contribution < 1.29 is 23.9 Å². The average Bonchev–Trinajstić information content (AvgIpc) is 3.11. The number of hydrogen-bond acceptors (Lipinski definition) is 7. The number of nitrogens with zero attached hydrogens (tertiary/aromatic N) is 2. The summed E-state index contributed by atoms with van der Waals surface area (Å²) in [4.78, 5) is 42.9. The Labute approximate surface area is 204 Å². The Bertz CT molecular complexity index is 1000. The molecule has 3 rings (SSSR count). The van der Waals surface area contributed by atoms with Crippen LogP contribution in [0.2, 0.25) is 0 Å². The summed E-state index contributed by atoms with van der Waals surface area (Å²) in [5.74, 6) is -1.12. The molecule has 8 nitrogen and oxygen atoms in total. The van der Waals surface area contributed by atoms with Crippen molar-refractivity contribution in [2.75, 3.05) is 52.3 Å². The molecule has 0 spiro atoms. The lowest BCUT2D eigenvalue weighted by molar-refractivity contribution is 0.0336. The van der Waals surface area contributed by atoms with Crippen LogP contribution < -0.4 is 5.32 Å². The second-order valence-electron chi connectivity index (χ2n) is 7.75. The normalized spacial score (nSPS) is 13.7. The molecule has 1 aliphatic heterocycles. The maximum absolute atomic E-state index is 13.0. The Kier molecular flexibility index (Phi) is 9.85. The summed E-state index contributed by atoms with van der Waals surface area (Å²) in [6.07, 6.45) is 0. The van der Waals surface area contributed by atoms with E-state index in [0.717, 1.165) is 16.9 Å². The molecule has 0 saturated carbocycles. The molecular formula is C23H30ClN3O5S. The molecule has 2 aromatic rings. The van der Waals surface area contributed by atoms with E-state index in [9.17, 15) is 14.4 Å². The fraction of sp³-hybridized carbons (Fsp3) is 0.435. The summed E-state index contributed by atoms with van der Waals surface area (Å²) in [6.45, 7) is 6.77. The van der Waals surface area contributed by atoms with Gasteiger partial charge in [-0.25, -0.2) is 4.79 Å². The number of carbonyl (C=O) groups is 3. The van der Waals surface area contributed by atoms with Gasteiger partial charge in [0.25, 0.3) is 11.8 Å². The van der Waals surface area contributed by atoms with E-state index in [-0.39, 0.29) is 36.4 Å². The van der Waals surface area contributed by atoms with Gasteiger partial charge in [0, 0.05) is 44.9 Å². The molecule has 0 radical (unpaired) electrons. The molecule has 1 aromatic heterocycles. The van der Waals surface area contributed by atoms with E-state index in [2.05, 4.69) is 10.2 Å². The smallest absolute Gasteiger partial charge is 0.341 e.